The van der Waals surface area contributed by atoms with Crippen LogP contribution in [0.4, 0.5) is 0 Å². The van der Waals surface area contributed by atoms with E-state index in [9.17, 15) is 4.79 Å². The van der Waals surface area contributed by atoms with Crippen LogP contribution in [0.3, 0.4) is 0 Å². The fourth-order valence-corrected chi connectivity index (χ4v) is 3.19. The predicted molar refractivity (Wildman–Crippen MR) is 78.0 cm³/mol. The van der Waals surface area contributed by atoms with Gasteiger partial charge in [-0.25, -0.2) is 0 Å². The molecule has 2 fully saturated rings. The molecule has 0 aliphatic carbocycles. The minimum atomic E-state index is -0.359. The number of nitrogens with one attached hydrogen (secondary N) is 1. The van der Waals surface area contributed by atoms with Crippen LogP contribution in [-0.2, 0) is 4.79 Å². The molecule has 1 N–H and O–H groups in total. The number of piperazine rings is 1. The van der Waals surface area contributed by atoms with Crippen LogP contribution < -0.4 is 5.32 Å². The molecule has 0 radical (unpaired) electrons. The smallest absolute Gasteiger partial charge is 0.242 e. The first-order valence-corrected chi connectivity index (χ1v) is 7.68. The number of piperidine rings is 1. The summed E-state index contributed by atoms with van der Waals surface area (Å²) in [6.07, 6.45) is 1.14. The Kier molecular flexibility index (Phi) is 4.51. The highest BCUT2D eigenvalue weighted by molar-refractivity contribution is 5.85. The average molecular weight is 267 g/mol. The minimum Gasteiger partial charge on any atom is -0.341 e. The van der Waals surface area contributed by atoms with E-state index < -0.39 is 0 Å². The van der Waals surface area contributed by atoms with Gasteiger partial charge in [0.15, 0.2) is 0 Å². The van der Waals surface area contributed by atoms with E-state index in [1.165, 1.54) is 0 Å². The van der Waals surface area contributed by atoms with E-state index in [-0.39, 0.29) is 5.54 Å². The molecule has 2 aliphatic rings. The molecule has 2 unspecified atom stereocenters. The highest BCUT2D eigenvalue weighted by atomic mass is 16.2. The maximum Gasteiger partial charge on any atom is 0.242 e. The van der Waals surface area contributed by atoms with Crippen molar-refractivity contribution in [1.29, 1.82) is 0 Å². The maximum absolute atomic E-state index is 12.8. The topological polar surface area (TPSA) is 35.6 Å². The lowest BCUT2D eigenvalue weighted by molar-refractivity contribution is -0.145. The quantitative estimate of drug-likeness (QED) is 0.816. The number of nitrogens with zero attached hydrogens (tertiary/aromatic N) is 2. The van der Waals surface area contributed by atoms with Crippen LogP contribution in [0.25, 0.3) is 0 Å². The van der Waals surface area contributed by atoms with E-state index >= 15 is 0 Å². The third-order valence-electron chi connectivity index (χ3n) is 5.05. The average Bonchev–Trinajstić information content (AvgIpc) is 2.42. The second-order valence-electron chi connectivity index (χ2n) is 6.79. The second kappa shape index (κ2) is 5.80. The largest absolute Gasteiger partial charge is 0.341 e. The number of amides is 1. The molecule has 0 spiro atoms. The number of carbonyl (C=O) groups is 1. The molecular weight excluding hydrogens is 238 g/mol. The van der Waals surface area contributed by atoms with Gasteiger partial charge in [-0.2, -0.15) is 0 Å². The van der Waals surface area contributed by atoms with Gasteiger partial charge in [0, 0.05) is 39.3 Å². The van der Waals surface area contributed by atoms with Crippen molar-refractivity contribution in [2.45, 2.75) is 39.7 Å². The fourth-order valence-electron chi connectivity index (χ4n) is 3.19. The Bertz CT molecular complexity index is 323. The Labute approximate surface area is 117 Å². The molecule has 0 saturated carbocycles. The third kappa shape index (κ3) is 3.11. The summed E-state index contributed by atoms with van der Waals surface area (Å²) < 4.78 is 0. The molecule has 4 heteroatoms. The van der Waals surface area contributed by atoms with Gasteiger partial charge in [-0.3, -0.25) is 9.69 Å². The van der Waals surface area contributed by atoms with Crippen molar-refractivity contribution in [2.24, 2.45) is 11.8 Å². The molecule has 1 amide bonds. The summed E-state index contributed by atoms with van der Waals surface area (Å²) in [4.78, 5) is 17.3. The Balaban J connectivity index is 2.01. The lowest BCUT2D eigenvalue weighted by Gasteiger charge is -2.45. The molecule has 0 bridgehead atoms. The van der Waals surface area contributed by atoms with E-state index in [1.54, 1.807) is 0 Å². The first kappa shape index (κ1) is 14.8. The lowest BCUT2D eigenvalue weighted by atomic mass is 9.87. The van der Waals surface area contributed by atoms with Gasteiger partial charge in [0.25, 0.3) is 0 Å². The van der Waals surface area contributed by atoms with Crippen molar-refractivity contribution in [2.75, 3.05) is 39.3 Å². The number of carbonyl (C=O) groups excluding carboxylic acids is 1. The standard InChI is InChI=1S/C15H29N3O/c1-12-5-8-17(11-13(12)2)14(19)15(3,4)18-9-6-16-7-10-18/h12-13,16H,5-11H2,1-4H3. The van der Waals surface area contributed by atoms with Crippen molar-refractivity contribution < 1.29 is 4.79 Å². The van der Waals surface area contributed by atoms with Gasteiger partial charge in [-0.1, -0.05) is 13.8 Å². The number of hydrogen-bond acceptors (Lipinski definition) is 3. The van der Waals surface area contributed by atoms with Gasteiger partial charge in [-0.05, 0) is 32.1 Å². The summed E-state index contributed by atoms with van der Waals surface area (Å²) in [7, 11) is 0. The zero-order valence-electron chi connectivity index (χ0n) is 12.9. The Hall–Kier alpha value is -0.610. The van der Waals surface area contributed by atoms with E-state index in [2.05, 4.69) is 42.8 Å². The van der Waals surface area contributed by atoms with Crippen LogP contribution in [0.15, 0.2) is 0 Å². The molecule has 110 valence electrons. The molecule has 4 nitrogen and oxygen atoms in total. The van der Waals surface area contributed by atoms with Crippen LogP contribution in [-0.4, -0.2) is 60.5 Å². The third-order valence-corrected chi connectivity index (χ3v) is 5.05. The van der Waals surface area contributed by atoms with Crippen LogP contribution in [0, 0.1) is 11.8 Å². The second-order valence-corrected chi connectivity index (χ2v) is 6.79. The summed E-state index contributed by atoms with van der Waals surface area (Å²) in [6.45, 7) is 14.5. The zero-order valence-corrected chi connectivity index (χ0v) is 12.9. The van der Waals surface area contributed by atoms with Crippen molar-refractivity contribution in [1.82, 2.24) is 15.1 Å². The van der Waals surface area contributed by atoms with Crippen molar-refractivity contribution in [3.8, 4) is 0 Å². The molecular formula is C15H29N3O. The van der Waals surface area contributed by atoms with Gasteiger partial charge < -0.3 is 10.2 Å². The first-order valence-electron chi connectivity index (χ1n) is 7.68. The fraction of sp³-hybridized carbons (Fsp3) is 0.933. The summed E-state index contributed by atoms with van der Waals surface area (Å²) in [5, 5.41) is 3.35. The SMILES string of the molecule is CC1CCN(C(=O)C(C)(C)N2CCNCC2)CC1C. The molecule has 2 heterocycles. The molecule has 19 heavy (non-hydrogen) atoms. The Morgan fingerprint density at radius 2 is 1.74 bits per heavy atom. The maximum atomic E-state index is 12.8. The predicted octanol–water partition coefficient (Wildman–Crippen LogP) is 1.17. The molecule has 0 aromatic carbocycles. The summed E-state index contributed by atoms with van der Waals surface area (Å²) >= 11 is 0. The van der Waals surface area contributed by atoms with E-state index in [4.69, 9.17) is 0 Å². The van der Waals surface area contributed by atoms with Crippen LogP contribution >= 0.6 is 0 Å². The molecule has 2 rings (SSSR count). The van der Waals surface area contributed by atoms with Gasteiger partial charge in [0.2, 0.25) is 5.91 Å². The number of hydrogen-bond donors (Lipinski definition) is 1. The Morgan fingerprint density at radius 3 is 2.32 bits per heavy atom. The number of likely N-dealkylation sites (tertiary alicyclic amines) is 1. The van der Waals surface area contributed by atoms with Gasteiger partial charge in [-0.15, -0.1) is 0 Å². The molecule has 0 aromatic heterocycles. The highest BCUT2D eigenvalue weighted by Crippen LogP contribution is 2.26. The van der Waals surface area contributed by atoms with E-state index in [0.717, 1.165) is 51.6 Å². The monoisotopic (exact) mass is 267 g/mol. The first-order chi connectivity index (χ1) is 8.93. The van der Waals surface area contributed by atoms with Crippen LogP contribution in [0.2, 0.25) is 0 Å². The molecule has 0 aromatic rings. The number of rotatable bonds is 2. The van der Waals surface area contributed by atoms with Crippen LogP contribution in [0.1, 0.15) is 34.1 Å². The van der Waals surface area contributed by atoms with Gasteiger partial charge in [0.05, 0.1) is 5.54 Å². The Morgan fingerprint density at radius 1 is 1.11 bits per heavy atom. The van der Waals surface area contributed by atoms with Gasteiger partial charge in [0.1, 0.15) is 0 Å². The summed E-state index contributed by atoms with van der Waals surface area (Å²) in [6, 6.07) is 0. The molecule has 2 saturated heterocycles. The zero-order chi connectivity index (χ0) is 14.0. The van der Waals surface area contributed by atoms with E-state index in [0.29, 0.717) is 11.8 Å². The van der Waals surface area contributed by atoms with Crippen molar-refractivity contribution in [3.63, 3.8) is 0 Å². The highest BCUT2D eigenvalue weighted by Gasteiger charge is 2.39. The van der Waals surface area contributed by atoms with Gasteiger partial charge >= 0.3 is 0 Å². The summed E-state index contributed by atoms with van der Waals surface area (Å²) in [5.74, 6) is 1.68. The molecule has 2 atom stereocenters. The lowest BCUT2D eigenvalue weighted by Crippen LogP contribution is -2.61. The van der Waals surface area contributed by atoms with Crippen molar-refractivity contribution >= 4 is 5.91 Å². The molecule has 2 aliphatic heterocycles. The van der Waals surface area contributed by atoms with E-state index in [1.807, 2.05) is 0 Å². The summed E-state index contributed by atoms with van der Waals surface area (Å²) in [5.41, 5.74) is -0.359. The van der Waals surface area contributed by atoms with Crippen molar-refractivity contribution in [3.05, 3.63) is 0 Å². The minimum absolute atomic E-state index is 0.313. The normalized spacial score (nSPS) is 30.4. The van der Waals surface area contributed by atoms with Crippen LogP contribution in [0.5, 0.6) is 0 Å².